The Bertz CT molecular complexity index is 838. The van der Waals surface area contributed by atoms with Crippen LogP contribution in [0.3, 0.4) is 0 Å². The number of benzene rings is 3. The molecule has 0 N–H and O–H groups in total. The zero-order valence-electron chi connectivity index (χ0n) is 13.9. The van der Waals surface area contributed by atoms with Gasteiger partial charge in [-0.2, -0.15) is 0 Å². The molecule has 0 atom stereocenters. The van der Waals surface area contributed by atoms with E-state index in [2.05, 4.69) is 58.4 Å². The minimum atomic E-state index is 0.585. The predicted molar refractivity (Wildman–Crippen MR) is 111 cm³/mol. The summed E-state index contributed by atoms with van der Waals surface area (Å²) in [5, 5.41) is 2.43. The second kappa shape index (κ2) is 8.89. The fourth-order valence-electron chi connectivity index (χ4n) is 2.75. The third-order valence-electron chi connectivity index (χ3n) is 4.06. The maximum Gasteiger partial charge on any atom is 0.0636 e. The van der Waals surface area contributed by atoms with E-state index in [9.17, 15) is 0 Å². The first-order chi connectivity index (χ1) is 12.3. The van der Waals surface area contributed by atoms with E-state index in [1.807, 2.05) is 24.4 Å². The number of anilines is 1. The Labute approximate surface area is 158 Å². The van der Waals surface area contributed by atoms with Gasteiger partial charge in [-0.1, -0.05) is 42.5 Å². The van der Waals surface area contributed by atoms with E-state index in [0.29, 0.717) is 11.8 Å². The van der Waals surface area contributed by atoms with Crippen LogP contribution >= 0.6 is 23.2 Å². The fraction of sp³-hybridized carbons (Fsp3) is 0.190. The zero-order valence-corrected chi connectivity index (χ0v) is 15.4. The lowest BCUT2D eigenvalue weighted by Crippen LogP contribution is -2.27. The predicted octanol–water partition coefficient (Wildman–Crippen LogP) is 5.87. The van der Waals surface area contributed by atoms with Gasteiger partial charge in [-0.3, -0.25) is 4.99 Å². The normalized spacial score (nSPS) is 11.3. The third-order valence-corrected chi connectivity index (χ3v) is 4.40. The molecule has 0 aliphatic rings. The average molecular weight is 371 g/mol. The van der Waals surface area contributed by atoms with Gasteiger partial charge in [-0.25, -0.2) is 0 Å². The van der Waals surface area contributed by atoms with Crippen molar-refractivity contribution < 1.29 is 0 Å². The molecular formula is C21H20Cl2N2. The lowest BCUT2D eigenvalue weighted by atomic mass is 10.1. The topological polar surface area (TPSA) is 15.6 Å². The van der Waals surface area contributed by atoms with Gasteiger partial charge in [0.25, 0.3) is 0 Å². The number of aliphatic imine (C=N–C) groups is 1. The summed E-state index contributed by atoms with van der Waals surface area (Å²) in [5.74, 6) is 1.17. The molecule has 0 radical (unpaired) electrons. The second-order valence-corrected chi connectivity index (χ2v) is 6.50. The lowest BCUT2D eigenvalue weighted by Gasteiger charge is -2.22. The van der Waals surface area contributed by atoms with Crippen molar-refractivity contribution >= 4 is 51.6 Å². The average Bonchev–Trinajstić information content (AvgIpc) is 2.66. The van der Waals surface area contributed by atoms with Gasteiger partial charge in [-0.15, -0.1) is 23.2 Å². The maximum absolute atomic E-state index is 5.87. The van der Waals surface area contributed by atoms with Crippen molar-refractivity contribution in [2.24, 2.45) is 4.99 Å². The molecule has 0 aliphatic heterocycles. The van der Waals surface area contributed by atoms with Crippen LogP contribution in [-0.2, 0) is 0 Å². The number of alkyl halides is 2. The standard InChI is InChI=1S/C21H20Cl2N2/c22-11-13-25(14-12-23)21-9-5-17(6-10-21)16-24-20-8-7-18-3-1-2-4-19(18)15-20/h1-10,15-16H,11-14H2. The Hall–Kier alpha value is -2.03. The minimum Gasteiger partial charge on any atom is -0.369 e. The van der Waals surface area contributed by atoms with E-state index < -0.39 is 0 Å². The second-order valence-electron chi connectivity index (χ2n) is 5.75. The molecule has 3 aromatic carbocycles. The summed E-state index contributed by atoms with van der Waals surface area (Å²) in [7, 11) is 0. The first-order valence-electron chi connectivity index (χ1n) is 8.30. The molecule has 0 saturated heterocycles. The Balaban J connectivity index is 1.74. The summed E-state index contributed by atoms with van der Waals surface area (Å²) in [4.78, 5) is 6.78. The molecule has 0 bridgehead atoms. The van der Waals surface area contributed by atoms with Crippen LogP contribution in [0.5, 0.6) is 0 Å². The summed E-state index contributed by atoms with van der Waals surface area (Å²) >= 11 is 11.7. The van der Waals surface area contributed by atoms with E-state index in [-0.39, 0.29) is 0 Å². The SMILES string of the molecule is ClCCN(CCCl)c1ccc(C=Nc2ccc3ccccc3c2)cc1. The van der Waals surface area contributed by atoms with Gasteiger partial charge in [0.15, 0.2) is 0 Å². The van der Waals surface area contributed by atoms with Crippen molar-refractivity contribution in [1.29, 1.82) is 0 Å². The molecule has 4 heteroatoms. The number of nitrogens with zero attached hydrogens (tertiary/aromatic N) is 2. The van der Waals surface area contributed by atoms with Gasteiger partial charge in [0.2, 0.25) is 0 Å². The van der Waals surface area contributed by atoms with Crippen molar-refractivity contribution in [3.63, 3.8) is 0 Å². The van der Waals surface area contributed by atoms with Crippen LogP contribution in [0.15, 0.2) is 71.7 Å². The molecule has 0 fully saturated rings. The van der Waals surface area contributed by atoms with E-state index in [1.165, 1.54) is 10.8 Å². The van der Waals surface area contributed by atoms with Crippen molar-refractivity contribution in [1.82, 2.24) is 0 Å². The molecule has 2 nitrogen and oxygen atoms in total. The molecule has 0 aromatic heterocycles. The molecule has 128 valence electrons. The van der Waals surface area contributed by atoms with Gasteiger partial charge in [0.1, 0.15) is 0 Å². The number of hydrogen-bond acceptors (Lipinski definition) is 2. The zero-order chi connectivity index (χ0) is 17.5. The third kappa shape index (κ3) is 4.75. The van der Waals surface area contributed by atoms with Gasteiger partial charge < -0.3 is 4.90 Å². The van der Waals surface area contributed by atoms with Crippen molar-refractivity contribution in [3.05, 3.63) is 72.3 Å². The Morgan fingerprint density at radius 2 is 1.48 bits per heavy atom. The molecule has 3 rings (SSSR count). The highest BCUT2D eigenvalue weighted by Gasteiger charge is 2.04. The van der Waals surface area contributed by atoms with E-state index in [4.69, 9.17) is 23.2 Å². The summed E-state index contributed by atoms with van der Waals surface area (Å²) < 4.78 is 0. The van der Waals surface area contributed by atoms with Crippen LogP contribution in [-0.4, -0.2) is 31.1 Å². The van der Waals surface area contributed by atoms with Crippen LogP contribution in [0, 0.1) is 0 Å². The Morgan fingerprint density at radius 1 is 0.800 bits per heavy atom. The highest BCUT2D eigenvalue weighted by atomic mass is 35.5. The van der Waals surface area contributed by atoms with Crippen LogP contribution in [0.4, 0.5) is 11.4 Å². The number of halogens is 2. The van der Waals surface area contributed by atoms with Crippen LogP contribution in [0.1, 0.15) is 5.56 Å². The Kier molecular flexibility index (Phi) is 6.32. The van der Waals surface area contributed by atoms with Crippen molar-refractivity contribution in [2.75, 3.05) is 29.7 Å². The van der Waals surface area contributed by atoms with Gasteiger partial charge in [0.05, 0.1) is 5.69 Å². The van der Waals surface area contributed by atoms with Gasteiger partial charge in [-0.05, 0) is 40.6 Å². The fourth-order valence-corrected chi connectivity index (χ4v) is 3.16. The molecule has 0 aliphatic carbocycles. The first-order valence-corrected chi connectivity index (χ1v) is 9.37. The van der Waals surface area contributed by atoms with Crippen molar-refractivity contribution in [2.45, 2.75) is 0 Å². The van der Waals surface area contributed by atoms with Crippen LogP contribution < -0.4 is 4.90 Å². The molecule has 0 spiro atoms. The van der Waals surface area contributed by atoms with E-state index >= 15 is 0 Å². The molecule has 0 unspecified atom stereocenters. The number of fused-ring (bicyclic) bond motifs is 1. The van der Waals surface area contributed by atoms with E-state index in [1.54, 1.807) is 0 Å². The number of hydrogen-bond donors (Lipinski definition) is 0. The van der Waals surface area contributed by atoms with Crippen molar-refractivity contribution in [3.8, 4) is 0 Å². The first kappa shape index (κ1) is 17.8. The monoisotopic (exact) mass is 370 g/mol. The Morgan fingerprint density at radius 3 is 2.16 bits per heavy atom. The summed E-state index contributed by atoms with van der Waals surface area (Å²) in [6, 6.07) is 22.8. The smallest absolute Gasteiger partial charge is 0.0636 e. The largest absolute Gasteiger partial charge is 0.369 e. The summed E-state index contributed by atoms with van der Waals surface area (Å²) in [6.07, 6.45) is 1.89. The van der Waals surface area contributed by atoms with E-state index in [0.717, 1.165) is 30.0 Å². The molecule has 0 saturated carbocycles. The van der Waals surface area contributed by atoms with Gasteiger partial charge in [0, 0.05) is 36.8 Å². The highest BCUT2D eigenvalue weighted by Crippen LogP contribution is 2.21. The highest BCUT2D eigenvalue weighted by molar-refractivity contribution is 6.18. The lowest BCUT2D eigenvalue weighted by molar-refractivity contribution is 0.874. The van der Waals surface area contributed by atoms with Crippen LogP contribution in [0.25, 0.3) is 10.8 Å². The van der Waals surface area contributed by atoms with Crippen LogP contribution in [0.2, 0.25) is 0 Å². The maximum atomic E-state index is 5.87. The quantitative estimate of drug-likeness (QED) is 0.374. The summed E-state index contributed by atoms with van der Waals surface area (Å²) in [6.45, 7) is 1.58. The molecule has 0 amide bonds. The van der Waals surface area contributed by atoms with Gasteiger partial charge >= 0.3 is 0 Å². The summed E-state index contributed by atoms with van der Waals surface area (Å²) in [5.41, 5.74) is 3.14. The molecule has 0 heterocycles. The number of rotatable bonds is 7. The molecule has 25 heavy (non-hydrogen) atoms. The molecule has 3 aromatic rings. The molecular weight excluding hydrogens is 351 g/mol. The minimum absolute atomic E-state index is 0.585.